The standard InChI is InChI=1S/C18H25F3N2O2S/c1-12-9-23(10-13(2)25-12)17(3,4)11-22-16(24)14-5-7-15(8-6-14)26-18(19,20)21/h5-8,12-13H,9-11H2,1-4H3,(H,22,24)/t12-,13+. The van der Waals surface area contributed by atoms with E-state index in [0.717, 1.165) is 13.1 Å². The summed E-state index contributed by atoms with van der Waals surface area (Å²) in [6, 6.07) is 5.44. The quantitative estimate of drug-likeness (QED) is 0.774. The van der Waals surface area contributed by atoms with Crippen LogP contribution in [0.4, 0.5) is 13.2 Å². The van der Waals surface area contributed by atoms with Gasteiger partial charge in [-0.25, -0.2) is 0 Å². The van der Waals surface area contributed by atoms with Gasteiger partial charge in [-0.15, -0.1) is 0 Å². The molecule has 2 atom stereocenters. The zero-order chi connectivity index (χ0) is 19.5. The van der Waals surface area contributed by atoms with E-state index < -0.39 is 5.51 Å². The molecular weight excluding hydrogens is 365 g/mol. The van der Waals surface area contributed by atoms with Gasteiger partial charge >= 0.3 is 5.51 Å². The van der Waals surface area contributed by atoms with Crippen LogP contribution in [0.2, 0.25) is 0 Å². The Bertz CT molecular complexity index is 610. The summed E-state index contributed by atoms with van der Waals surface area (Å²) in [6.45, 7) is 10.2. The van der Waals surface area contributed by atoms with Gasteiger partial charge in [0.1, 0.15) is 0 Å². The third-order valence-corrected chi connectivity index (χ3v) is 5.05. The lowest BCUT2D eigenvalue weighted by atomic mass is 10.00. The van der Waals surface area contributed by atoms with Crippen LogP contribution in [0.5, 0.6) is 0 Å². The predicted molar refractivity (Wildman–Crippen MR) is 96.3 cm³/mol. The summed E-state index contributed by atoms with van der Waals surface area (Å²) in [7, 11) is 0. The fraction of sp³-hybridized carbons (Fsp3) is 0.611. The van der Waals surface area contributed by atoms with Crippen molar-refractivity contribution in [1.29, 1.82) is 0 Å². The third-order valence-electron chi connectivity index (χ3n) is 4.31. The van der Waals surface area contributed by atoms with Crippen LogP contribution in [-0.2, 0) is 4.74 Å². The zero-order valence-electron chi connectivity index (χ0n) is 15.4. The predicted octanol–water partition coefficient (Wildman–Crippen LogP) is 3.92. The number of amides is 1. The van der Waals surface area contributed by atoms with Crippen molar-refractivity contribution in [2.75, 3.05) is 19.6 Å². The van der Waals surface area contributed by atoms with Crippen LogP contribution in [0.1, 0.15) is 38.1 Å². The Balaban J connectivity index is 1.92. The lowest BCUT2D eigenvalue weighted by Crippen LogP contribution is -2.58. The molecule has 1 aromatic rings. The molecule has 1 fully saturated rings. The van der Waals surface area contributed by atoms with Gasteiger partial charge in [-0.1, -0.05) is 0 Å². The molecule has 0 aliphatic carbocycles. The molecule has 4 nitrogen and oxygen atoms in total. The Morgan fingerprint density at radius 1 is 1.19 bits per heavy atom. The number of alkyl halides is 3. The highest BCUT2D eigenvalue weighted by Gasteiger charge is 2.33. The second kappa shape index (κ2) is 8.19. The molecule has 0 radical (unpaired) electrons. The molecule has 8 heteroatoms. The highest BCUT2D eigenvalue weighted by Crippen LogP contribution is 2.36. The number of carbonyl (C=O) groups is 1. The Labute approximate surface area is 156 Å². The van der Waals surface area contributed by atoms with Crippen molar-refractivity contribution in [3.05, 3.63) is 29.8 Å². The lowest BCUT2D eigenvalue weighted by Gasteiger charge is -2.45. The second-order valence-corrected chi connectivity index (χ2v) is 8.37. The van der Waals surface area contributed by atoms with Crippen LogP contribution in [0, 0.1) is 0 Å². The molecule has 0 aromatic heterocycles. The van der Waals surface area contributed by atoms with E-state index in [1.807, 2.05) is 13.8 Å². The van der Waals surface area contributed by atoms with Gasteiger partial charge in [-0.3, -0.25) is 9.69 Å². The molecule has 1 aliphatic heterocycles. The first-order valence-corrected chi connectivity index (χ1v) is 9.32. The number of morpholine rings is 1. The van der Waals surface area contributed by atoms with E-state index >= 15 is 0 Å². The highest BCUT2D eigenvalue weighted by atomic mass is 32.2. The monoisotopic (exact) mass is 390 g/mol. The maximum Gasteiger partial charge on any atom is 0.446 e. The van der Waals surface area contributed by atoms with Crippen molar-refractivity contribution in [3.63, 3.8) is 0 Å². The largest absolute Gasteiger partial charge is 0.446 e. The first kappa shape index (κ1) is 21.1. The average Bonchev–Trinajstić information content (AvgIpc) is 2.51. The normalized spacial score (nSPS) is 22.3. The van der Waals surface area contributed by atoms with Crippen molar-refractivity contribution >= 4 is 17.7 Å². The fourth-order valence-electron chi connectivity index (χ4n) is 2.99. The Morgan fingerprint density at radius 2 is 1.73 bits per heavy atom. The van der Waals surface area contributed by atoms with Crippen LogP contribution in [0.3, 0.4) is 0 Å². The number of ether oxygens (including phenoxy) is 1. The molecule has 0 bridgehead atoms. The fourth-order valence-corrected chi connectivity index (χ4v) is 3.53. The molecular formula is C18H25F3N2O2S. The zero-order valence-corrected chi connectivity index (χ0v) is 16.2. The molecule has 1 amide bonds. The summed E-state index contributed by atoms with van der Waals surface area (Å²) in [6.07, 6.45) is 0.264. The summed E-state index contributed by atoms with van der Waals surface area (Å²) in [4.78, 5) is 14.7. The van der Waals surface area contributed by atoms with Gasteiger partial charge in [-0.2, -0.15) is 13.2 Å². The van der Waals surface area contributed by atoms with E-state index in [4.69, 9.17) is 4.74 Å². The van der Waals surface area contributed by atoms with Crippen molar-refractivity contribution < 1.29 is 22.7 Å². The molecule has 1 heterocycles. The first-order chi connectivity index (χ1) is 12.0. The molecule has 1 aromatic carbocycles. The number of benzene rings is 1. The van der Waals surface area contributed by atoms with E-state index in [-0.39, 0.29) is 40.3 Å². The van der Waals surface area contributed by atoms with Gasteiger partial charge in [0.05, 0.1) is 12.2 Å². The van der Waals surface area contributed by atoms with E-state index in [0.29, 0.717) is 12.1 Å². The highest BCUT2D eigenvalue weighted by molar-refractivity contribution is 8.00. The minimum Gasteiger partial charge on any atom is -0.373 e. The summed E-state index contributed by atoms with van der Waals surface area (Å²) >= 11 is -0.192. The summed E-state index contributed by atoms with van der Waals surface area (Å²) in [5, 5.41) is 2.88. The van der Waals surface area contributed by atoms with Gasteiger partial charge in [0.2, 0.25) is 0 Å². The van der Waals surface area contributed by atoms with Gasteiger partial charge in [0.25, 0.3) is 5.91 Å². The van der Waals surface area contributed by atoms with E-state index in [2.05, 4.69) is 24.1 Å². The Kier molecular flexibility index (Phi) is 6.63. The Morgan fingerprint density at radius 3 is 2.23 bits per heavy atom. The molecule has 2 rings (SSSR count). The average molecular weight is 390 g/mol. The maximum atomic E-state index is 12.4. The number of halogens is 3. The van der Waals surface area contributed by atoms with Crippen LogP contribution in [0.15, 0.2) is 29.2 Å². The smallest absolute Gasteiger partial charge is 0.373 e. The van der Waals surface area contributed by atoms with Crippen molar-refractivity contribution in [1.82, 2.24) is 10.2 Å². The molecule has 26 heavy (non-hydrogen) atoms. The molecule has 0 unspecified atom stereocenters. The van der Waals surface area contributed by atoms with Crippen LogP contribution >= 0.6 is 11.8 Å². The number of thioether (sulfide) groups is 1. The first-order valence-electron chi connectivity index (χ1n) is 8.51. The number of carbonyl (C=O) groups excluding carboxylic acids is 1. The second-order valence-electron chi connectivity index (χ2n) is 7.23. The molecule has 1 aliphatic rings. The van der Waals surface area contributed by atoms with E-state index in [1.165, 1.54) is 24.3 Å². The van der Waals surface area contributed by atoms with Gasteiger partial charge in [0, 0.05) is 35.6 Å². The number of nitrogens with one attached hydrogen (secondary N) is 1. The van der Waals surface area contributed by atoms with Crippen LogP contribution < -0.4 is 5.32 Å². The maximum absolute atomic E-state index is 12.4. The van der Waals surface area contributed by atoms with E-state index in [9.17, 15) is 18.0 Å². The third kappa shape index (κ3) is 6.17. The van der Waals surface area contributed by atoms with Crippen molar-refractivity contribution in [2.45, 2.75) is 55.8 Å². The summed E-state index contributed by atoms with van der Waals surface area (Å²) in [5.41, 5.74) is -4.25. The number of hydrogen-bond donors (Lipinski definition) is 1. The van der Waals surface area contributed by atoms with Crippen molar-refractivity contribution in [2.24, 2.45) is 0 Å². The number of nitrogens with zero attached hydrogens (tertiary/aromatic N) is 1. The Hall–Kier alpha value is -1.25. The lowest BCUT2D eigenvalue weighted by molar-refractivity contribution is -0.0948. The minimum atomic E-state index is -4.33. The molecule has 1 saturated heterocycles. The van der Waals surface area contributed by atoms with Crippen LogP contribution in [-0.4, -0.2) is 53.7 Å². The van der Waals surface area contributed by atoms with Gasteiger partial charge in [0.15, 0.2) is 0 Å². The summed E-state index contributed by atoms with van der Waals surface area (Å²) in [5.74, 6) is -0.295. The van der Waals surface area contributed by atoms with Gasteiger partial charge in [-0.05, 0) is 63.7 Å². The molecule has 0 spiro atoms. The topological polar surface area (TPSA) is 41.6 Å². The molecule has 0 saturated carbocycles. The van der Waals surface area contributed by atoms with Crippen molar-refractivity contribution in [3.8, 4) is 0 Å². The SMILES string of the molecule is C[C@@H]1CN(C(C)(C)CNC(=O)c2ccc(SC(F)(F)F)cc2)C[C@H](C)O1. The summed E-state index contributed by atoms with van der Waals surface area (Å²) < 4.78 is 42.8. The molecule has 146 valence electrons. The number of rotatable bonds is 5. The van der Waals surface area contributed by atoms with Crippen LogP contribution in [0.25, 0.3) is 0 Å². The number of hydrogen-bond acceptors (Lipinski definition) is 4. The molecule has 1 N–H and O–H groups in total. The minimum absolute atomic E-state index is 0.0608. The van der Waals surface area contributed by atoms with Gasteiger partial charge < -0.3 is 10.1 Å². The van der Waals surface area contributed by atoms with E-state index in [1.54, 1.807) is 0 Å².